The Morgan fingerprint density at radius 2 is 1.69 bits per heavy atom. The molecule has 2 N–H and O–H groups in total. The minimum absolute atomic E-state index is 0.375. The van der Waals surface area contributed by atoms with Crippen molar-refractivity contribution in [2.45, 2.75) is 5.92 Å². The van der Waals surface area contributed by atoms with Crippen LogP contribution in [0.15, 0.2) is 12.1 Å². The molecule has 0 fully saturated rings. The highest BCUT2D eigenvalue weighted by molar-refractivity contribution is 6.32. The maximum atomic E-state index is 13.2. The van der Waals surface area contributed by atoms with Gasteiger partial charge in [0.1, 0.15) is 11.6 Å². The molecule has 0 spiro atoms. The second kappa shape index (κ2) is 4.44. The normalized spacial score (nSPS) is 10.5. The molecule has 0 amide bonds. The van der Waals surface area contributed by atoms with Crippen molar-refractivity contribution in [2.24, 2.45) is 0 Å². The Morgan fingerprint density at radius 1 is 1.19 bits per heavy atom. The quantitative estimate of drug-likeness (QED) is 0.803. The van der Waals surface area contributed by atoms with Crippen molar-refractivity contribution in [1.82, 2.24) is 0 Å². The molecular formula is C9H5ClF2O4. The summed E-state index contributed by atoms with van der Waals surface area (Å²) in [5, 5.41) is 16.7. The lowest BCUT2D eigenvalue weighted by Gasteiger charge is -2.10. The third-order valence-corrected chi connectivity index (χ3v) is 2.14. The van der Waals surface area contributed by atoms with Gasteiger partial charge in [-0.3, -0.25) is 9.59 Å². The van der Waals surface area contributed by atoms with E-state index in [0.29, 0.717) is 12.1 Å². The van der Waals surface area contributed by atoms with Crippen molar-refractivity contribution in [3.05, 3.63) is 34.4 Å². The molecule has 1 aromatic rings. The van der Waals surface area contributed by atoms with E-state index >= 15 is 0 Å². The molecule has 16 heavy (non-hydrogen) atoms. The first-order valence-electron chi connectivity index (χ1n) is 3.94. The van der Waals surface area contributed by atoms with Gasteiger partial charge in [0.15, 0.2) is 5.92 Å². The second-order valence-electron chi connectivity index (χ2n) is 2.89. The van der Waals surface area contributed by atoms with Gasteiger partial charge < -0.3 is 10.2 Å². The van der Waals surface area contributed by atoms with Gasteiger partial charge in [-0.05, 0) is 6.07 Å². The van der Waals surface area contributed by atoms with E-state index in [1.165, 1.54) is 0 Å². The van der Waals surface area contributed by atoms with E-state index in [9.17, 15) is 18.4 Å². The zero-order chi connectivity index (χ0) is 12.5. The highest BCUT2D eigenvalue weighted by Gasteiger charge is 2.33. The van der Waals surface area contributed by atoms with Crippen LogP contribution in [0, 0.1) is 11.6 Å². The Bertz CT molecular complexity index is 424. The average Bonchev–Trinajstić information content (AvgIpc) is 2.09. The first-order chi connectivity index (χ1) is 7.34. The van der Waals surface area contributed by atoms with Crippen LogP contribution in [0.5, 0.6) is 0 Å². The minimum Gasteiger partial charge on any atom is -0.480 e. The molecule has 0 aliphatic carbocycles. The largest absolute Gasteiger partial charge is 0.480 e. The van der Waals surface area contributed by atoms with Crippen LogP contribution < -0.4 is 0 Å². The zero-order valence-corrected chi connectivity index (χ0v) is 8.33. The molecule has 0 atom stereocenters. The number of benzene rings is 1. The van der Waals surface area contributed by atoms with Gasteiger partial charge in [-0.25, -0.2) is 8.78 Å². The Morgan fingerprint density at radius 3 is 2.06 bits per heavy atom. The first-order valence-corrected chi connectivity index (χ1v) is 4.32. The molecule has 1 rings (SSSR count). The van der Waals surface area contributed by atoms with E-state index in [0.717, 1.165) is 0 Å². The number of aliphatic carboxylic acids is 2. The fraction of sp³-hybridized carbons (Fsp3) is 0.111. The first kappa shape index (κ1) is 12.4. The van der Waals surface area contributed by atoms with Gasteiger partial charge in [0.25, 0.3) is 0 Å². The number of carboxylic acid groups (broad SMARTS) is 2. The van der Waals surface area contributed by atoms with Crippen LogP contribution in [0.25, 0.3) is 0 Å². The van der Waals surface area contributed by atoms with Crippen molar-refractivity contribution in [3.8, 4) is 0 Å². The smallest absolute Gasteiger partial charge is 0.322 e. The van der Waals surface area contributed by atoms with Gasteiger partial charge in [0.05, 0.1) is 5.02 Å². The standard InChI is InChI=1S/C9H5ClF2O4/c10-4-1-3(11)2-5(12)6(4)7(8(13)14)9(15)16/h1-2,7H,(H,13,14)(H,15,16). The topological polar surface area (TPSA) is 74.6 Å². The lowest BCUT2D eigenvalue weighted by molar-refractivity contribution is -0.150. The van der Waals surface area contributed by atoms with Crippen LogP contribution in [-0.2, 0) is 9.59 Å². The highest BCUT2D eigenvalue weighted by Crippen LogP contribution is 2.29. The van der Waals surface area contributed by atoms with E-state index in [2.05, 4.69) is 0 Å². The Hall–Kier alpha value is -1.69. The van der Waals surface area contributed by atoms with Crippen molar-refractivity contribution >= 4 is 23.5 Å². The lowest BCUT2D eigenvalue weighted by atomic mass is 9.98. The number of carbonyl (C=O) groups is 2. The maximum Gasteiger partial charge on any atom is 0.322 e. The fourth-order valence-electron chi connectivity index (χ4n) is 1.18. The summed E-state index contributed by atoms with van der Waals surface area (Å²) in [7, 11) is 0. The average molecular weight is 251 g/mol. The molecule has 0 unspecified atom stereocenters. The van der Waals surface area contributed by atoms with Gasteiger partial charge in [0, 0.05) is 11.6 Å². The van der Waals surface area contributed by atoms with E-state index in [1.54, 1.807) is 0 Å². The number of hydrogen-bond donors (Lipinski definition) is 2. The maximum absolute atomic E-state index is 13.2. The number of carboxylic acids is 2. The molecule has 7 heteroatoms. The molecule has 0 saturated heterocycles. The van der Waals surface area contributed by atoms with Crippen molar-refractivity contribution in [2.75, 3.05) is 0 Å². The van der Waals surface area contributed by atoms with Crippen LogP contribution in [0.3, 0.4) is 0 Å². The van der Waals surface area contributed by atoms with Gasteiger partial charge in [0.2, 0.25) is 0 Å². The van der Waals surface area contributed by atoms with Gasteiger partial charge in [-0.1, -0.05) is 11.6 Å². The minimum atomic E-state index is -2.16. The fourth-order valence-corrected chi connectivity index (χ4v) is 1.49. The summed E-state index contributed by atoms with van der Waals surface area (Å²) in [4.78, 5) is 21.3. The Kier molecular flexibility index (Phi) is 3.44. The third kappa shape index (κ3) is 2.27. The number of rotatable bonds is 3. The molecule has 86 valence electrons. The third-order valence-electron chi connectivity index (χ3n) is 1.83. The summed E-state index contributed by atoms with van der Waals surface area (Å²) in [6, 6.07) is 1.03. The summed E-state index contributed by atoms with van der Waals surface area (Å²) in [5.41, 5.74) is -0.761. The highest BCUT2D eigenvalue weighted by atomic mass is 35.5. The molecule has 0 radical (unpaired) electrons. The van der Waals surface area contributed by atoms with Gasteiger partial charge in [-0.2, -0.15) is 0 Å². The predicted octanol–water partition coefficient (Wildman–Crippen LogP) is 1.87. The molecule has 1 aromatic carbocycles. The molecule has 0 aliphatic heterocycles. The van der Waals surface area contributed by atoms with Crippen LogP contribution >= 0.6 is 11.6 Å². The zero-order valence-electron chi connectivity index (χ0n) is 7.58. The Balaban J connectivity index is 3.41. The van der Waals surface area contributed by atoms with Crippen LogP contribution in [0.2, 0.25) is 5.02 Å². The van der Waals surface area contributed by atoms with Crippen LogP contribution in [0.1, 0.15) is 11.5 Å². The van der Waals surface area contributed by atoms with Crippen molar-refractivity contribution < 1.29 is 28.6 Å². The van der Waals surface area contributed by atoms with E-state index in [-0.39, 0.29) is 0 Å². The van der Waals surface area contributed by atoms with Crippen molar-refractivity contribution in [1.29, 1.82) is 0 Å². The summed E-state index contributed by atoms with van der Waals surface area (Å²) in [6.07, 6.45) is 0. The van der Waals surface area contributed by atoms with Gasteiger partial charge >= 0.3 is 11.9 Å². The summed E-state index contributed by atoms with van der Waals surface area (Å²) in [5.74, 6) is -8.03. The van der Waals surface area contributed by atoms with E-state index < -0.39 is 40.1 Å². The van der Waals surface area contributed by atoms with Gasteiger partial charge in [-0.15, -0.1) is 0 Å². The SMILES string of the molecule is O=C(O)C(C(=O)O)c1c(F)cc(F)cc1Cl. The molecule has 4 nitrogen and oxygen atoms in total. The Labute approximate surface area is 93.1 Å². The van der Waals surface area contributed by atoms with Crippen molar-refractivity contribution in [3.63, 3.8) is 0 Å². The summed E-state index contributed by atoms with van der Waals surface area (Å²) < 4.78 is 25.9. The molecule has 0 aromatic heterocycles. The van der Waals surface area contributed by atoms with Crippen LogP contribution in [-0.4, -0.2) is 22.2 Å². The van der Waals surface area contributed by atoms with E-state index in [1.807, 2.05) is 0 Å². The molecule has 0 heterocycles. The number of hydrogen-bond acceptors (Lipinski definition) is 2. The van der Waals surface area contributed by atoms with Crippen LogP contribution in [0.4, 0.5) is 8.78 Å². The predicted molar refractivity (Wildman–Crippen MR) is 49.4 cm³/mol. The molecule has 0 aliphatic rings. The second-order valence-corrected chi connectivity index (χ2v) is 3.30. The molecule has 0 saturated carbocycles. The number of halogens is 3. The van der Waals surface area contributed by atoms with E-state index in [4.69, 9.17) is 21.8 Å². The molecule has 0 bridgehead atoms. The summed E-state index contributed by atoms with van der Waals surface area (Å²) >= 11 is 5.41. The summed E-state index contributed by atoms with van der Waals surface area (Å²) in [6.45, 7) is 0. The monoisotopic (exact) mass is 250 g/mol. The lowest BCUT2D eigenvalue weighted by Crippen LogP contribution is -2.22. The molecular weight excluding hydrogens is 246 g/mol.